The standard InChI is InChI=1S/C21H36N4O2.HI/c1-5-22-21(23-16-18(2)17-25-11-13-26-14-12-25)24(4)10-15-27-20-9-7-6-8-19(20)3;/h6-9,18H,5,10-17H2,1-4H3,(H,22,23);1H. The van der Waals surface area contributed by atoms with E-state index in [-0.39, 0.29) is 24.0 Å². The number of para-hydroxylation sites is 1. The van der Waals surface area contributed by atoms with Crippen molar-refractivity contribution in [3.05, 3.63) is 29.8 Å². The minimum atomic E-state index is 0. The highest BCUT2D eigenvalue weighted by Gasteiger charge is 2.14. The van der Waals surface area contributed by atoms with Gasteiger partial charge in [-0.15, -0.1) is 24.0 Å². The maximum atomic E-state index is 5.92. The van der Waals surface area contributed by atoms with Crippen molar-refractivity contribution in [1.82, 2.24) is 15.1 Å². The third-order valence-electron chi connectivity index (χ3n) is 4.70. The van der Waals surface area contributed by atoms with E-state index >= 15 is 0 Å². The van der Waals surface area contributed by atoms with Crippen LogP contribution in [0.2, 0.25) is 0 Å². The zero-order valence-corrected chi connectivity index (χ0v) is 20.1. The normalized spacial score (nSPS) is 16.2. The topological polar surface area (TPSA) is 49.3 Å². The number of ether oxygens (including phenoxy) is 2. The summed E-state index contributed by atoms with van der Waals surface area (Å²) in [6, 6.07) is 8.12. The third-order valence-corrected chi connectivity index (χ3v) is 4.70. The van der Waals surface area contributed by atoms with Crippen molar-refractivity contribution < 1.29 is 9.47 Å². The summed E-state index contributed by atoms with van der Waals surface area (Å²) in [6.07, 6.45) is 0. The molecule has 0 saturated carbocycles. The molecule has 28 heavy (non-hydrogen) atoms. The second-order valence-electron chi connectivity index (χ2n) is 7.25. The number of aryl methyl sites for hydroxylation is 1. The highest BCUT2D eigenvalue weighted by atomic mass is 127. The van der Waals surface area contributed by atoms with Crippen molar-refractivity contribution in [3.8, 4) is 5.75 Å². The van der Waals surface area contributed by atoms with Crippen LogP contribution in [0.5, 0.6) is 5.75 Å². The summed E-state index contributed by atoms with van der Waals surface area (Å²) in [5.41, 5.74) is 1.16. The molecule has 0 radical (unpaired) electrons. The highest BCUT2D eigenvalue weighted by molar-refractivity contribution is 14.0. The van der Waals surface area contributed by atoms with Gasteiger partial charge in [0.25, 0.3) is 0 Å². The minimum Gasteiger partial charge on any atom is -0.491 e. The summed E-state index contributed by atoms with van der Waals surface area (Å²) >= 11 is 0. The van der Waals surface area contributed by atoms with Gasteiger partial charge in [0, 0.05) is 39.8 Å². The van der Waals surface area contributed by atoms with E-state index in [1.165, 1.54) is 0 Å². The molecule has 1 saturated heterocycles. The first-order valence-electron chi connectivity index (χ1n) is 10.1. The van der Waals surface area contributed by atoms with Gasteiger partial charge in [-0.1, -0.05) is 25.1 Å². The van der Waals surface area contributed by atoms with Crippen LogP contribution >= 0.6 is 24.0 Å². The van der Waals surface area contributed by atoms with Gasteiger partial charge in [0.15, 0.2) is 5.96 Å². The molecular formula is C21H37IN4O2. The predicted octanol–water partition coefficient (Wildman–Crippen LogP) is 2.86. The van der Waals surface area contributed by atoms with Gasteiger partial charge in [-0.05, 0) is 31.4 Å². The van der Waals surface area contributed by atoms with Gasteiger partial charge in [-0.25, -0.2) is 0 Å². The Bertz CT molecular complexity index is 579. The second-order valence-corrected chi connectivity index (χ2v) is 7.25. The van der Waals surface area contributed by atoms with Gasteiger partial charge in [0.05, 0.1) is 19.8 Å². The highest BCUT2D eigenvalue weighted by Crippen LogP contribution is 2.15. The van der Waals surface area contributed by atoms with Gasteiger partial charge >= 0.3 is 0 Å². The number of nitrogens with one attached hydrogen (secondary N) is 1. The van der Waals surface area contributed by atoms with Crippen LogP contribution in [0, 0.1) is 12.8 Å². The molecule has 1 atom stereocenters. The second kappa shape index (κ2) is 14.0. The molecule has 1 unspecified atom stereocenters. The summed E-state index contributed by atoms with van der Waals surface area (Å²) in [7, 11) is 2.06. The van der Waals surface area contributed by atoms with Crippen molar-refractivity contribution in [2.75, 3.05) is 66.1 Å². The number of hydrogen-bond donors (Lipinski definition) is 1. The number of aliphatic imine (C=N–C) groups is 1. The molecule has 0 bridgehead atoms. The molecule has 7 heteroatoms. The molecule has 0 aliphatic carbocycles. The molecule has 1 aliphatic heterocycles. The first-order chi connectivity index (χ1) is 13.1. The molecular weight excluding hydrogens is 467 g/mol. The monoisotopic (exact) mass is 504 g/mol. The first-order valence-corrected chi connectivity index (χ1v) is 10.1. The molecule has 0 spiro atoms. The Hall–Kier alpha value is -1.06. The molecule has 1 fully saturated rings. The third kappa shape index (κ3) is 8.96. The maximum absolute atomic E-state index is 5.92. The van der Waals surface area contributed by atoms with Crippen molar-refractivity contribution in [1.29, 1.82) is 0 Å². The van der Waals surface area contributed by atoms with Crippen LogP contribution in [0.15, 0.2) is 29.3 Å². The molecule has 1 aromatic rings. The lowest BCUT2D eigenvalue weighted by atomic mass is 10.1. The van der Waals surface area contributed by atoms with Crippen molar-refractivity contribution in [3.63, 3.8) is 0 Å². The molecule has 2 rings (SSSR count). The summed E-state index contributed by atoms with van der Waals surface area (Å²) < 4.78 is 11.3. The van der Waals surface area contributed by atoms with Crippen LogP contribution in [0.1, 0.15) is 19.4 Å². The number of rotatable bonds is 9. The Morgan fingerprint density at radius 2 is 2.04 bits per heavy atom. The van der Waals surface area contributed by atoms with Gasteiger partial charge in [0.1, 0.15) is 12.4 Å². The minimum absolute atomic E-state index is 0. The van der Waals surface area contributed by atoms with E-state index in [0.717, 1.165) is 69.8 Å². The van der Waals surface area contributed by atoms with Crippen LogP contribution in [-0.2, 0) is 4.74 Å². The number of nitrogens with zero attached hydrogens (tertiary/aromatic N) is 3. The van der Waals surface area contributed by atoms with Crippen molar-refractivity contribution >= 4 is 29.9 Å². The number of benzene rings is 1. The average molecular weight is 504 g/mol. The maximum Gasteiger partial charge on any atom is 0.193 e. The van der Waals surface area contributed by atoms with Gasteiger partial charge in [-0.3, -0.25) is 9.89 Å². The van der Waals surface area contributed by atoms with Crippen LogP contribution in [0.25, 0.3) is 0 Å². The molecule has 1 N–H and O–H groups in total. The zero-order valence-electron chi connectivity index (χ0n) is 17.8. The zero-order chi connectivity index (χ0) is 19.5. The Balaban J connectivity index is 0.00000392. The van der Waals surface area contributed by atoms with Gasteiger partial charge in [-0.2, -0.15) is 0 Å². The lowest BCUT2D eigenvalue weighted by Crippen LogP contribution is -2.42. The van der Waals surface area contributed by atoms with E-state index in [1.54, 1.807) is 0 Å². The molecule has 1 aliphatic rings. The Kier molecular flexibility index (Phi) is 12.5. The van der Waals surface area contributed by atoms with Crippen molar-refractivity contribution in [2.45, 2.75) is 20.8 Å². The number of guanidine groups is 1. The van der Waals surface area contributed by atoms with Crippen LogP contribution < -0.4 is 10.1 Å². The van der Waals surface area contributed by atoms with E-state index in [2.05, 4.69) is 49.0 Å². The fraction of sp³-hybridized carbons (Fsp3) is 0.667. The van der Waals surface area contributed by atoms with Gasteiger partial charge < -0.3 is 19.7 Å². The summed E-state index contributed by atoms with van der Waals surface area (Å²) in [5.74, 6) is 2.42. The van der Waals surface area contributed by atoms with Crippen LogP contribution in [0.4, 0.5) is 0 Å². The van der Waals surface area contributed by atoms with E-state index in [1.807, 2.05) is 18.2 Å². The number of likely N-dealkylation sites (N-methyl/N-ethyl adjacent to an activating group) is 1. The van der Waals surface area contributed by atoms with Crippen LogP contribution in [0.3, 0.4) is 0 Å². The quantitative estimate of drug-likeness (QED) is 0.319. The molecule has 160 valence electrons. The Morgan fingerprint density at radius 3 is 2.71 bits per heavy atom. The Labute approximate surface area is 187 Å². The van der Waals surface area contributed by atoms with E-state index in [0.29, 0.717) is 12.5 Å². The largest absolute Gasteiger partial charge is 0.491 e. The lowest BCUT2D eigenvalue weighted by Gasteiger charge is -2.29. The van der Waals surface area contributed by atoms with E-state index in [9.17, 15) is 0 Å². The lowest BCUT2D eigenvalue weighted by molar-refractivity contribution is 0.0323. The summed E-state index contributed by atoms with van der Waals surface area (Å²) in [6.45, 7) is 14.4. The molecule has 1 aromatic carbocycles. The molecule has 6 nitrogen and oxygen atoms in total. The smallest absolute Gasteiger partial charge is 0.193 e. The fourth-order valence-corrected chi connectivity index (χ4v) is 3.11. The van der Waals surface area contributed by atoms with Crippen LogP contribution in [-0.4, -0.2) is 81.9 Å². The molecule has 0 amide bonds. The fourth-order valence-electron chi connectivity index (χ4n) is 3.11. The SMILES string of the molecule is CCNC(=NCC(C)CN1CCOCC1)N(C)CCOc1ccccc1C.I. The molecule has 1 heterocycles. The molecule has 0 aromatic heterocycles. The Morgan fingerprint density at radius 1 is 1.32 bits per heavy atom. The number of halogens is 1. The van der Waals surface area contributed by atoms with E-state index in [4.69, 9.17) is 14.5 Å². The summed E-state index contributed by atoms with van der Waals surface area (Å²) in [4.78, 5) is 9.45. The van der Waals surface area contributed by atoms with Gasteiger partial charge in [0.2, 0.25) is 0 Å². The van der Waals surface area contributed by atoms with Crippen molar-refractivity contribution in [2.24, 2.45) is 10.9 Å². The summed E-state index contributed by atoms with van der Waals surface area (Å²) in [5, 5.41) is 3.39. The van der Waals surface area contributed by atoms with E-state index < -0.39 is 0 Å². The predicted molar refractivity (Wildman–Crippen MR) is 127 cm³/mol. The first kappa shape index (κ1) is 25.0. The number of hydrogen-bond acceptors (Lipinski definition) is 4. The number of morpholine rings is 1. The average Bonchev–Trinajstić information content (AvgIpc) is 2.67.